The minimum atomic E-state index is -1.29. The lowest BCUT2D eigenvalue weighted by atomic mass is 9.47. The molecule has 212 valence electrons. The topological polar surface area (TPSA) is 121 Å². The zero-order valence-corrected chi connectivity index (χ0v) is 23.9. The van der Waals surface area contributed by atoms with Gasteiger partial charge in [-0.15, -0.1) is 0 Å². The highest BCUT2D eigenvalue weighted by Crippen LogP contribution is 2.67. The van der Waals surface area contributed by atoms with Gasteiger partial charge in [-0.3, -0.25) is 9.59 Å². The minimum absolute atomic E-state index is 0.0766. The SMILES string of the molecule is CC(C)CCC[C@@H](C)[C@H]1CC[C@H]2[C@@H]3CC=C4C[C@@H](O)CC[C@]4(C)[C@H]3CC[C@]12C.N[C@@H](CC(=O)O)C(=O)O. The lowest BCUT2D eigenvalue weighted by Crippen LogP contribution is -2.50. The Bertz CT molecular complexity index is 839. The summed E-state index contributed by atoms with van der Waals surface area (Å²) >= 11 is 0. The van der Waals surface area contributed by atoms with Crippen molar-refractivity contribution < 1.29 is 24.9 Å². The van der Waals surface area contributed by atoms with Gasteiger partial charge in [-0.1, -0.05) is 65.5 Å². The van der Waals surface area contributed by atoms with Crippen LogP contribution in [0.25, 0.3) is 0 Å². The van der Waals surface area contributed by atoms with Crippen LogP contribution in [0.15, 0.2) is 11.6 Å². The molecule has 6 nitrogen and oxygen atoms in total. The third kappa shape index (κ3) is 6.61. The van der Waals surface area contributed by atoms with Gasteiger partial charge >= 0.3 is 11.9 Å². The van der Waals surface area contributed by atoms with Crippen LogP contribution in [0.1, 0.15) is 112 Å². The molecule has 3 fully saturated rings. The third-order valence-corrected chi connectivity index (χ3v) is 11.0. The number of rotatable bonds is 8. The molecule has 0 aliphatic heterocycles. The van der Waals surface area contributed by atoms with E-state index in [1.807, 2.05) is 0 Å². The molecule has 0 aromatic carbocycles. The predicted molar refractivity (Wildman–Crippen MR) is 147 cm³/mol. The Morgan fingerprint density at radius 1 is 1.03 bits per heavy atom. The van der Waals surface area contributed by atoms with Crippen molar-refractivity contribution in [3.8, 4) is 0 Å². The number of carboxylic acids is 2. The first-order valence-corrected chi connectivity index (χ1v) is 14.9. The lowest BCUT2D eigenvalue weighted by Gasteiger charge is -2.58. The molecule has 0 radical (unpaired) electrons. The maximum atomic E-state index is 10.2. The van der Waals surface area contributed by atoms with Gasteiger partial charge in [0.1, 0.15) is 6.04 Å². The van der Waals surface area contributed by atoms with E-state index in [0.717, 1.165) is 48.3 Å². The van der Waals surface area contributed by atoms with Crippen LogP contribution in [0.4, 0.5) is 0 Å². The molecule has 0 aromatic rings. The number of nitrogens with two attached hydrogens (primary N) is 1. The molecule has 9 atom stereocenters. The van der Waals surface area contributed by atoms with Gasteiger partial charge in [0.2, 0.25) is 0 Å². The van der Waals surface area contributed by atoms with Gasteiger partial charge in [0, 0.05) is 0 Å². The smallest absolute Gasteiger partial charge is 0.321 e. The van der Waals surface area contributed by atoms with E-state index < -0.39 is 24.4 Å². The van der Waals surface area contributed by atoms with Gasteiger partial charge < -0.3 is 21.1 Å². The van der Waals surface area contributed by atoms with Crippen LogP contribution in [-0.2, 0) is 9.59 Å². The summed E-state index contributed by atoms with van der Waals surface area (Å²) in [7, 11) is 0. The molecule has 6 heteroatoms. The Balaban J connectivity index is 0.000000364. The molecule has 4 aliphatic rings. The predicted octanol–water partition coefficient (Wildman–Crippen LogP) is 6.26. The zero-order chi connectivity index (χ0) is 27.5. The highest BCUT2D eigenvalue weighted by Gasteiger charge is 2.59. The Hall–Kier alpha value is -1.40. The van der Waals surface area contributed by atoms with Crippen molar-refractivity contribution in [1.29, 1.82) is 0 Å². The van der Waals surface area contributed by atoms with Gasteiger partial charge in [-0.25, -0.2) is 0 Å². The van der Waals surface area contributed by atoms with Crippen molar-refractivity contribution in [1.82, 2.24) is 0 Å². The number of hydrogen-bond donors (Lipinski definition) is 4. The first-order chi connectivity index (χ1) is 17.3. The molecule has 3 saturated carbocycles. The number of carboxylic acid groups (broad SMARTS) is 2. The Morgan fingerprint density at radius 3 is 2.32 bits per heavy atom. The quantitative estimate of drug-likeness (QED) is 0.281. The van der Waals surface area contributed by atoms with Crippen LogP contribution >= 0.6 is 0 Å². The minimum Gasteiger partial charge on any atom is -0.481 e. The van der Waals surface area contributed by atoms with Gasteiger partial charge in [-0.05, 0) is 97.7 Å². The van der Waals surface area contributed by atoms with E-state index >= 15 is 0 Å². The molecular formula is C31H53NO5. The third-order valence-electron chi connectivity index (χ3n) is 11.0. The van der Waals surface area contributed by atoms with Crippen molar-refractivity contribution in [3.63, 3.8) is 0 Å². The lowest BCUT2D eigenvalue weighted by molar-refractivity contribution is -0.144. The second-order valence-electron chi connectivity index (χ2n) is 13.7. The Kier molecular flexibility index (Phi) is 9.93. The van der Waals surface area contributed by atoms with Gasteiger partial charge in [0.25, 0.3) is 0 Å². The van der Waals surface area contributed by atoms with Crippen LogP contribution in [0.3, 0.4) is 0 Å². The molecule has 4 rings (SSSR count). The number of fused-ring (bicyclic) bond motifs is 5. The van der Waals surface area contributed by atoms with Crippen molar-refractivity contribution in [3.05, 3.63) is 11.6 Å². The fraction of sp³-hybridized carbons (Fsp3) is 0.871. The van der Waals surface area contributed by atoms with Crippen molar-refractivity contribution in [2.75, 3.05) is 0 Å². The van der Waals surface area contributed by atoms with Crippen LogP contribution in [-0.4, -0.2) is 39.4 Å². The molecule has 4 aliphatic carbocycles. The highest BCUT2D eigenvalue weighted by molar-refractivity contribution is 5.80. The molecule has 37 heavy (non-hydrogen) atoms. The number of aliphatic hydroxyl groups is 1. The number of carbonyl (C=O) groups is 2. The van der Waals surface area contributed by atoms with E-state index in [1.54, 1.807) is 5.57 Å². The molecule has 0 amide bonds. The summed E-state index contributed by atoms with van der Waals surface area (Å²) in [6, 6.07) is -1.29. The summed E-state index contributed by atoms with van der Waals surface area (Å²) in [5.74, 6) is 2.96. The van der Waals surface area contributed by atoms with E-state index in [4.69, 9.17) is 15.9 Å². The van der Waals surface area contributed by atoms with Gasteiger partial charge in [0.05, 0.1) is 12.5 Å². The molecule has 0 heterocycles. The van der Waals surface area contributed by atoms with Crippen LogP contribution in [0.2, 0.25) is 0 Å². The summed E-state index contributed by atoms with van der Waals surface area (Å²) in [6.45, 7) is 12.6. The maximum absolute atomic E-state index is 10.2. The van der Waals surface area contributed by atoms with Crippen molar-refractivity contribution in [2.45, 2.75) is 124 Å². The fourth-order valence-corrected chi connectivity index (χ4v) is 8.94. The summed E-state index contributed by atoms with van der Waals surface area (Å²) in [4.78, 5) is 19.6. The van der Waals surface area contributed by atoms with E-state index in [1.165, 1.54) is 57.8 Å². The largest absolute Gasteiger partial charge is 0.481 e. The van der Waals surface area contributed by atoms with Gasteiger partial charge in [0.15, 0.2) is 0 Å². The molecule has 0 bridgehead atoms. The standard InChI is InChI=1S/C27H46O.C4H7NO4/c1-18(2)7-6-8-19(3)23-11-12-24-22-10-9-20-17-21(28)13-15-26(20,4)25(22)14-16-27(23,24)5;5-2(4(8)9)1-3(6)7/h9,18-19,21-25,28H,6-8,10-17H2,1-5H3;2H,1,5H2,(H,6,7)(H,8,9)/t19-,21+,22+,23-,24+,25+,26+,27-;2-/m10/s1. The average Bonchev–Trinajstić information content (AvgIpc) is 3.16. The number of aliphatic hydroxyl groups excluding tert-OH is 1. The van der Waals surface area contributed by atoms with Crippen molar-refractivity contribution >= 4 is 11.9 Å². The second-order valence-corrected chi connectivity index (χ2v) is 13.7. The summed E-state index contributed by atoms with van der Waals surface area (Å²) < 4.78 is 0. The average molecular weight is 520 g/mol. The van der Waals surface area contributed by atoms with Crippen molar-refractivity contribution in [2.24, 2.45) is 52.1 Å². The number of allylic oxidation sites excluding steroid dienone is 1. The Labute approximate surface area is 224 Å². The fourth-order valence-electron chi connectivity index (χ4n) is 8.94. The number of hydrogen-bond acceptors (Lipinski definition) is 4. The van der Waals surface area contributed by atoms with E-state index in [2.05, 4.69) is 40.7 Å². The van der Waals surface area contributed by atoms with Gasteiger partial charge in [-0.2, -0.15) is 0 Å². The molecule has 5 N–H and O–H groups in total. The second kappa shape index (κ2) is 12.2. The maximum Gasteiger partial charge on any atom is 0.321 e. The zero-order valence-electron chi connectivity index (χ0n) is 23.9. The van der Waals surface area contributed by atoms with E-state index in [-0.39, 0.29) is 6.10 Å². The van der Waals surface area contributed by atoms with Crippen LogP contribution < -0.4 is 5.73 Å². The summed E-state index contributed by atoms with van der Waals surface area (Å²) in [5.41, 5.74) is 7.44. The normalized spacial score (nSPS) is 38.3. The first kappa shape index (κ1) is 30.1. The molecular weight excluding hydrogens is 466 g/mol. The molecule has 0 aromatic heterocycles. The molecule has 0 saturated heterocycles. The van der Waals surface area contributed by atoms with E-state index in [9.17, 15) is 14.7 Å². The highest BCUT2D eigenvalue weighted by atomic mass is 16.4. The van der Waals surface area contributed by atoms with E-state index in [0.29, 0.717) is 10.8 Å². The monoisotopic (exact) mass is 519 g/mol. The summed E-state index contributed by atoms with van der Waals surface area (Å²) in [5, 5.41) is 26.2. The van der Waals surface area contributed by atoms with Crippen LogP contribution in [0.5, 0.6) is 0 Å². The Morgan fingerprint density at radius 2 is 1.73 bits per heavy atom. The number of aliphatic carboxylic acids is 2. The first-order valence-electron chi connectivity index (χ1n) is 14.9. The molecule has 0 spiro atoms. The molecule has 0 unspecified atom stereocenters. The van der Waals surface area contributed by atoms with Crippen LogP contribution in [0, 0.1) is 46.3 Å². The summed E-state index contributed by atoms with van der Waals surface area (Å²) in [6.07, 6.45) is 16.6.